The molecule has 0 aromatic carbocycles. The van der Waals surface area contributed by atoms with Crippen LogP contribution in [0.2, 0.25) is 0 Å². The van der Waals surface area contributed by atoms with Gasteiger partial charge in [-0.15, -0.1) is 11.3 Å². The summed E-state index contributed by atoms with van der Waals surface area (Å²) in [5.41, 5.74) is 1.41. The zero-order valence-corrected chi connectivity index (χ0v) is 12.5. The molecule has 3 aliphatic rings. The van der Waals surface area contributed by atoms with Crippen molar-refractivity contribution in [3.05, 3.63) is 10.6 Å². The molecule has 0 saturated heterocycles. The lowest BCUT2D eigenvalue weighted by atomic mass is 10.2. The Balaban J connectivity index is 1.48. The van der Waals surface area contributed by atoms with Crippen LogP contribution < -0.4 is 10.2 Å². The van der Waals surface area contributed by atoms with Crippen molar-refractivity contribution in [2.45, 2.75) is 57.0 Å². The number of aromatic nitrogens is 1. The predicted molar refractivity (Wildman–Crippen MR) is 79.9 cm³/mol. The van der Waals surface area contributed by atoms with Crippen molar-refractivity contribution in [2.24, 2.45) is 5.92 Å². The van der Waals surface area contributed by atoms with E-state index in [0.717, 1.165) is 24.4 Å². The highest BCUT2D eigenvalue weighted by Crippen LogP contribution is 2.44. The fourth-order valence-electron chi connectivity index (χ4n) is 2.61. The van der Waals surface area contributed by atoms with E-state index in [4.69, 9.17) is 4.98 Å². The van der Waals surface area contributed by atoms with Gasteiger partial charge in [0.15, 0.2) is 5.13 Å². The second-order valence-corrected chi connectivity index (χ2v) is 7.62. The van der Waals surface area contributed by atoms with E-state index in [0.29, 0.717) is 0 Å². The predicted octanol–water partition coefficient (Wildman–Crippen LogP) is 3.12. The normalized spacial score (nSPS) is 22.8. The Bertz CT molecular complexity index is 458. The molecule has 0 atom stereocenters. The Kier molecular flexibility index (Phi) is 3.03. The summed E-state index contributed by atoms with van der Waals surface area (Å²) in [6.45, 7) is 2.25. The number of rotatable bonds is 7. The molecule has 1 aromatic rings. The standard InChI is InChI=1S/C15H23N3S/c1-18(9-10-2-3-10)15-17-14(11-4-5-11)13(19-15)8-16-12-6-7-12/h10-12,16H,2-9H2,1H3. The average molecular weight is 277 g/mol. The molecule has 0 bridgehead atoms. The zero-order valence-electron chi connectivity index (χ0n) is 11.7. The second-order valence-electron chi connectivity index (χ2n) is 6.56. The molecule has 0 unspecified atom stereocenters. The monoisotopic (exact) mass is 277 g/mol. The molecule has 104 valence electrons. The summed E-state index contributed by atoms with van der Waals surface area (Å²) in [6.07, 6.45) is 8.28. The maximum absolute atomic E-state index is 4.96. The molecule has 4 rings (SSSR count). The third kappa shape index (κ3) is 2.95. The number of nitrogens with zero attached hydrogens (tertiary/aromatic N) is 2. The molecule has 1 aromatic heterocycles. The highest BCUT2D eigenvalue weighted by Gasteiger charge is 2.31. The summed E-state index contributed by atoms with van der Waals surface area (Å²) in [4.78, 5) is 8.85. The van der Waals surface area contributed by atoms with Crippen molar-refractivity contribution >= 4 is 16.5 Å². The van der Waals surface area contributed by atoms with Crippen LogP contribution in [0.3, 0.4) is 0 Å². The van der Waals surface area contributed by atoms with E-state index in [2.05, 4.69) is 17.3 Å². The van der Waals surface area contributed by atoms with Gasteiger partial charge in [0.25, 0.3) is 0 Å². The molecule has 0 radical (unpaired) electrons. The van der Waals surface area contributed by atoms with E-state index in [1.165, 1.54) is 60.8 Å². The van der Waals surface area contributed by atoms with E-state index >= 15 is 0 Å². The third-order valence-corrected chi connectivity index (χ3v) is 5.55. The molecule has 1 heterocycles. The lowest BCUT2D eigenvalue weighted by molar-refractivity contribution is 0.688. The second kappa shape index (κ2) is 4.74. The van der Waals surface area contributed by atoms with Crippen LogP contribution in [0.25, 0.3) is 0 Å². The largest absolute Gasteiger partial charge is 0.351 e. The molecule has 0 spiro atoms. The molecule has 1 N–H and O–H groups in total. The number of thiazole rings is 1. The highest BCUT2D eigenvalue weighted by molar-refractivity contribution is 7.15. The Morgan fingerprint density at radius 3 is 2.63 bits per heavy atom. The van der Waals surface area contributed by atoms with E-state index in [1.54, 1.807) is 0 Å². The first-order chi connectivity index (χ1) is 9.29. The lowest BCUT2D eigenvalue weighted by Gasteiger charge is -2.14. The quantitative estimate of drug-likeness (QED) is 0.830. The Morgan fingerprint density at radius 2 is 2.00 bits per heavy atom. The van der Waals surface area contributed by atoms with Crippen molar-refractivity contribution in [3.8, 4) is 0 Å². The molecular weight excluding hydrogens is 254 g/mol. The van der Waals surface area contributed by atoms with Crippen LogP contribution >= 0.6 is 11.3 Å². The van der Waals surface area contributed by atoms with Gasteiger partial charge in [0.1, 0.15) is 0 Å². The highest BCUT2D eigenvalue weighted by atomic mass is 32.1. The molecular formula is C15H23N3S. The smallest absolute Gasteiger partial charge is 0.185 e. The molecule has 4 heteroatoms. The summed E-state index contributed by atoms with van der Waals surface area (Å²) >= 11 is 1.93. The molecule has 3 saturated carbocycles. The van der Waals surface area contributed by atoms with Crippen LogP contribution in [-0.2, 0) is 6.54 Å². The summed E-state index contributed by atoms with van der Waals surface area (Å²) < 4.78 is 0. The first-order valence-corrected chi connectivity index (χ1v) is 8.55. The first-order valence-electron chi connectivity index (χ1n) is 7.73. The van der Waals surface area contributed by atoms with E-state index in [1.807, 2.05) is 11.3 Å². The van der Waals surface area contributed by atoms with Crippen molar-refractivity contribution < 1.29 is 0 Å². The van der Waals surface area contributed by atoms with E-state index in [-0.39, 0.29) is 0 Å². The number of anilines is 1. The molecule has 3 aliphatic carbocycles. The maximum atomic E-state index is 4.96. The Hall–Kier alpha value is -0.610. The van der Waals surface area contributed by atoms with Crippen LogP contribution in [0, 0.1) is 5.92 Å². The minimum atomic E-state index is 0.773. The molecule has 0 amide bonds. The SMILES string of the molecule is CN(CC1CC1)c1nc(C2CC2)c(CNC2CC2)s1. The van der Waals surface area contributed by atoms with E-state index in [9.17, 15) is 0 Å². The zero-order chi connectivity index (χ0) is 12.8. The summed E-state index contributed by atoms with van der Waals surface area (Å²) in [5, 5.41) is 4.90. The topological polar surface area (TPSA) is 28.2 Å². The molecule has 0 aliphatic heterocycles. The number of hydrogen-bond acceptors (Lipinski definition) is 4. The van der Waals surface area contributed by atoms with Gasteiger partial charge in [0.05, 0.1) is 5.69 Å². The van der Waals surface area contributed by atoms with Gasteiger partial charge in [-0.05, 0) is 44.4 Å². The van der Waals surface area contributed by atoms with Gasteiger partial charge in [-0.3, -0.25) is 0 Å². The minimum absolute atomic E-state index is 0.773. The van der Waals surface area contributed by atoms with Gasteiger partial charge in [-0.2, -0.15) is 0 Å². The van der Waals surface area contributed by atoms with Gasteiger partial charge in [0.2, 0.25) is 0 Å². The van der Waals surface area contributed by atoms with E-state index < -0.39 is 0 Å². The van der Waals surface area contributed by atoms with Gasteiger partial charge in [0, 0.05) is 37.0 Å². The van der Waals surface area contributed by atoms with Crippen LogP contribution in [0.1, 0.15) is 55.0 Å². The van der Waals surface area contributed by atoms with Gasteiger partial charge in [-0.1, -0.05) is 0 Å². The summed E-state index contributed by atoms with van der Waals surface area (Å²) in [5.74, 6) is 1.71. The molecule has 3 nitrogen and oxygen atoms in total. The third-order valence-electron chi connectivity index (χ3n) is 4.36. The summed E-state index contributed by atoms with van der Waals surface area (Å²) in [6, 6.07) is 0.793. The van der Waals surface area contributed by atoms with Gasteiger partial charge >= 0.3 is 0 Å². The fraction of sp³-hybridized carbons (Fsp3) is 0.800. The number of hydrogen-bond donors (Lipinski definition) is 1. The first kappa shape index (κ1) is 12.2. The van der Waals surface area contributed by atoms with Gasteiger partial charge in [-0.25, -0.2) is 4.98 Å². The van der Waals surface area contributed by atoms with Crippen molar-refractivity contribution in [3.63, 3.8) is 0 Å². The van der Waals surface area contributed by atoms with Crippen molar-refractivity contribution in [1.82, 2.24) is 10.3 Å². The minimum Gasteiger partial charge on any atom is -0.351 e. The fourth-order valence-corrected chi connectivity index (χ4v) is 3.67. The van der Waals surface area contributed by atoms with Gasteiger partial charge < -0.3 is 10.2 Å². The summed E-state index contributed by atoms with van der Waals surface area (Å²) in [7, 11) is 2.21. The molecule has 3 fully saturated rings. The Morgan fingerprint density at radius 1 is 1.21 bits per heavy atom. The van der Waals surface area contributed by atoms with Crippen LogP contribution in [-0.4, -0.2) is 24.6 Å². The molecule has 19 heavy (non-hydrogen) atoms. The number of nitrogens with one attached hydrogen (secondary N) is 1. The van der Waals surface area contributed by atoms with Crippen molar-refractivity contribution in [1.29, 1.82) is 0 Å². The average Bonchev–Trinajstić information content (AvgIpc) is 3.20. The lowest BCUT2D eigenvalue weighted by Crippen LogP contribution is -2.19. The van der Waals surface area contributed by atoms with Crippen LogP contribution in [0.4, 0.5) is 5.13 Å². The van der Waals surface area contributed by atoms with Crippen LogP contribution in [0.15, 0.2) is 0 Å². The Labute approximate surface area is 119 Å². The maximum Gasteiger partial charge on any atom is 0.185 e. The van der Waals surface area contributed by atoms with Crippen LogP contribution in [0.5, 0.6) is 0 Å². The van der Waals surface area contributed by atoms with Crippen molar-refractivity contribution in [2.75, 3.05) is 18.5 Å².